The van der Waals surface area contributed by atoms with E-state index in [0.717, 1.165) is 12.8 Å². The van der Waals surface area contributed by atoms with Crippen LogP contribution in [-0.4, -0.2) is 84.1 Å². The molecular formula is C31H38Cl3N3O8. The number of esters is 1. The van der Waals surface area contributed by atoms with E-state index in [1.165, 1.54) is 24.1 Å². The van der Waals surface area contributed by atoms with Crippen molar-refractivity contribution in [3.63, 3.8) is 0 Å². The fourth-order valence-corrected chi connectivity index (χ4v) is 6.40. The number of hydrogen-bond donors (Lipinski definition) is 3. The SMILES string of the molecule is COC(=O)CN(C(=O)Oc1cc(O)c2c(=O)cc(-c3ccccc3Cl)oc2c1[C@H]1CCN(C)C[C@H]1O)[C@@H]1CCCC[C@H]1N.Cl.Cl. The first-order valence-electron chi connectivity index (χ1n) is 14.3. The van der Waals surface area contributed by atoms with Gasteiger partial charge in [0.1, 0.15) is 34.8 Å². The summed E-state index contributed by atoms with van der Waals surface area (Å²) in [7, 11) is 3.11. The number of methoxy groups -OCH3 is 1. The van der Waals surface area contributed by atoms with E-state index in [-0.39, 0.29) is 65.4 Å². The van der Waals surface area contributed by atoms with E-state index in [1.807, 2.05) is 11.9 Å². The zero-order valence-corrected chi connectivity index (χ0v) is 27.3. The molecule has 2 fully saturated rings. The predicted molar refractivity (Wildman–Crippen MR) is 175 cm³/mol. The van der Waals surface area contributed by atoms with Crippen molar-refractivity contribution in [1.29, 1.82) is 0 Å². The number of phenolic OH excluding ortho intramolecular Hbond substituents is 1. The maximum absolute atomic E-state index is 13.8. The monoisotopic (exact) mass is 685 g/mol. The Morgan fingerprint density at radius 3 is 2.53 bits per heavy atom. The maximum atomic E-state index is 13.8. The molecule has 11 nitrogen and oxygen atoms in total. The van der Waals surface area contributed by atoms with Gasteiger partial charge in [-0.15, -0.1) is 24.8 Å². The Labute approximate surface area is 278 Å². The third-order valence-electron chi connectivity index (χ3n) is 8.42. The molecule has 2 aliphatic rings. The second-order valence-electron chi connectivity index (χ2n) is 11.3. The molecule has 2 heterocycles. The highest BCUT2D eigenvalue weighted by Gasteiger charge is 2.37. The standard InChI is InChI=1S/C31H36ClN3O8.2ClH/c1-34-12-11-18(24(38)15-34)28-26(43-31(40)35(16-27(39)41-2)21-10-6-5-9-20(21)33)14-23(37)29-22(36)13-25(42-30(28)29)17-7-3-4-8-19(17)32;;/h3-4,7-8,13-14,18,20-21,24,37-38H,5-6,9-12,15-16,33H2,1-2H3;2*1H/t18-,20+,21+,24+;;/m0../s1. The van der Waals surface area contributed by atoms with Gasteiger partial charge in [-0.2, -0.15) is 0 Å². The van der Waals surface area contributed by atoms with Gasteiger partial charge in [-0.1, -0.05) is 36.6 Å². The van der Waals surface area contributed by atoms with Crippen molar-refractivity contribution >= 4 is 59.4 Å². The van der Waals surface area contributed by atoms with Crippen LogP contribution in [0, 0.1) is 0 Å². The Morgan fingerprint density at radius 1 is 1.16 bits per heavy atom. The number of amides is 1. The van der Waals surface area contributed by atoms with E-state index in [2.05, 4.69) is 0 Å². The first-order chi connectivity index (χ1) is 20.6. The zero-order chi connectivity index (χ0) is 30.8. The van der Waals surface area contributed by atoms with Gasteiger partial charge in [0, 0.05) is 41.8 Å². The number of likely N-dealkylation sites (tertiary alicyclic amines) is 1. The van der Waals surface area contributed by atoms with Crippen molar-refractivity contribution in [3.8, 4) is 22.8 Å². The first-order valence-corrected chi connectivity index (χ1v) is 14.7. The smallest absolute Gasteiger partial charge is 0.416 e. The minimum absolute atomic E-state index is 0. The summed E-state index contributed by atoms with van der Waals surface area (Å²) in [6.07, 6.45) is 1.64. The molecule has 5 rings (SSSR count). The van der Waals surface area contributed by atoms with Gasteiger partial charge in [-0.25, -0.2) is 4.79 Å². The molecule has 1 aliphatic heterocycles. The first kappa shape index (κ1) is 36.4. The van der Waals surface area contributed by atoms with Crippen LogP contribution in [0.1, 0.15) is 43.6 Å². The van der Waals surface area contributed by atoms with Gasteiger partial charge >= 0.3 is 12.1 Å². The van der Waals surface area contributed by atoms with Crippen molar-refractivity contribution < 1.29 is 33.7 Å². The molecule has 4 N–H and O–H groups in total. The summed E-state index contributed by atoms with van der Waals surface area (Å²) in [5, 5.41) is 22.5. The number of aromatic hydroxyl groups is 1. The predicted octanol–water partition coefficient (Wildman–Crippen LogP) is 4.69. The molecular weight excluding hydrogens is 649 g/mol. The summed E-state index contributed by atoms with van der Waals surface area (Å²) in [5.41, 5.74) is 6.53. The average molecular weight is 687 g/mol. The normalized spacial score (nSPS) is 21.7. The lowest BCUT2D eigenvalue weighted by Crippen LogP contribution is -2.54. The number of carbonyl (C=O) groups excluding carboxylic acids is 2. The van der Waals surface area contributed by atoms with Gasteiger partial charge in [0.25, 0.3) is 0 Å². The molecule has 14 heteroatoms. The largest absolute Gasteiger partial charge is 0.507 e. The quantitative estimate of drug-likeness (QED) is 0.311. The topological polar surface area (TPSA) is 156 Å². The summed E-state index contributed by atoms with van der Waals surface area (Å²) >= 11 is 6.42. The molecule has 45 heavy (non-hydrogen) atoms. The number of hydrogen-bond acceptors (Lipinski definition) is 10. The van der Waals surface area contributed by atoms with E-state index < -0.39 is 41.3 Å². The third kappa shape index (κ3) is 7.67. The number of carbonyl (C=O) groups is 2. The number of fused-ring (bicyclic) bond motifs is 1. The summed E-state index contributed by atoms with van der Waals surface area (Å²) in [6, 6.07) is 8.42. The van der Waals surface area contributed by atoms with Gasteiger partial charge in [-0.05, 0) is 45.0 Å². The number of β-amino-alcohol motifs (C(OH)–C–C–N with tert-alkyl or cyclic N) is 1. The van der Waals surface area contributed by atoms with Gasteiger partial charge in [0.15, 0.2) is 5.43 Å². The molecule has 1 aromatic heterocycles. The van der Waals surface area contributed by atoms with Gasteiger partial charge in [-0.3, -0.25) is 14.5 Å². The van der Waals surface area contributed by atoms with Crippen LogP contribution >= 0.6 is 36.4 Å². The van der Waals surface area contributed by atoms with Crippen LogP contribution < -0.4 is 15.9 Å². The number of nitrogens with zero attached hydrogens (tertiary/aromatic N) is 2. The van der Waals surface area contributed by atoms with E-state index in [1.54, 1.807) is 24.3 Å². The van der Waals surface area contributed by atoms with Crippen LogP contribution in [0.2, 0.25) is 5.02 Å². The van der Waals surface area contributed by atoms with Crippen LogP contribution in [0.5, 0.6) is 11.5 Å². The third-order valence-corrected chi connectivity index (χ3v) is 8.75. The molecule has 0 radical (unpaired) electrons. The summed E-state index contributed by atoms with van der Waals surface area (Å²) < 4.78 is 17.0. The zero-order valence-electron chi connectivity index (χ0n) is 24.9. The highest BCUT2D eigenvalue weighted by atomic mass is 35.5. The highest BCUT2D eigenvalue weighted by Crippen LogP contribution is 2.44. The number of ether oxygens (including phenoxy) is 2. The molecule has 0 spiro atoms. The maximum Gasteiger partial charge on any atom is 0.416 e. The lowest BCUT2D eigenvalue weighted by Gasteiger charge is -2.37. The molecule has 1 saturated carbocycles. The lowest BCUT2D eigenvalue weighted by molar-refractivity contribution is -0.142. The molecule has 3 aromatic rings. The number of likely N-dealkylation sites (N-methyl/N-ethyl adjacent to an activating group) is 1. The highest BCUT2D eigenvalue weighted by molar-refractivity contribution is 6.33. The number of benzene rings is 2. The Balaban J connectivity index is 0.00000276. The average Bonchev–Trinajstić information content (AvgIpc) is 2.97. The van der Waals surface area contributed by atoms with Crippen LogP contribution in [0.4, 0.5) is 4.79 Å². The Hall–Kier alpha value is -3.06. The molecule has 0 bridgehead atoms. The Morgan fingerprint density at radius 2 is 1.87 bits per heavy atom. The van der Waals surface area contributed by atoms with Crippen molar-refractivity contribution in [1.82, 2.24) is 9.80 Å². The second kappa shape index (κ2) is 15.5. The fourth-order valence-electron chi connectivity index (χ4n) is 6.17. The number of piperidine rings is 1. The Kier molecular flexibility index (Phi) is 12.5. The van der Waals surface area contributed by atoms with Crippen LogP contribution in [-0.2, 0) is 9.53 Å². The van der Waals surface area contributed by atoms with Gasteiger partial charge in [0.2, 0.25) is 0 Å². The van der Waals surface area contributed by atoms with Crippen molar-refractivity contribution in [3.05, 3.63) is 57.2 Å². The van der Waals surface area contributed by atoms with E-state index in [0.29, 0.717) is 42.9 Å². The molecule has 4 atom stereocenters. The minimum atomic E-state index is -0.906. The summed E-state index contributed by atoms with van der Waals surface area (Å²) in [5.74, 6) is -1.66. The van der Waals surface area contributed by atoms with Crippen molar-refractivity contribution in [2.45, 2.75) is 56.2 Å². The van der Waals surface area contributed by atoms with Gasteiger partial charge < -0.3 is 34.7 Å². The van der Waals surface area contributed by atoms with E-state index >= 15 is 0 Å². The van der Waals surface area contributed by atoms with Crippen molar-refractivity contribution in [2.24, 2.45) is 5.73 Å². The molecule has 2 aromatic carbocycles. The van der Waals surface area contributed by atoms with Crippen LogP contribution in [0.3, 0.4) is 0 Å². The lowest BCUT2D eigenvalue weighted by atomic mass is 9.85. The number of rotatable bonds is 6. The minimum Gasteiger partial charge on any atom is -0.507 e. The second-order valence-corrected chi connectivity index (χ2v) is 11.7. The van der Waals surface area contributed by atoms with E-state index in [4.69, 9.17) is 31.2 Å². The molecule has 1 aliphatic carbocycles. The molecule has 1 amide bonds. The van der Waals surface area contributed by atoms with Crippen LogP contribution in [0.15, 0.2) is 45.6 Å². The molecule has 0 unspecified atom stereocenters. The summed E-state index contributed by atoms with van der Waals surface area (Å²) in [6.45, 7) is 0.544. The Bertz CT molecular complexity index is 1590. The number of nitrogens with two attached hydrogens (primary N) is 1. The summed E-state index contributed by atoms with van der Waals surface area (Å²) in [4.78, 5) is 42.7. The number of phenols is 1. The van der Waals surface area contributed by atoms with Crippen LogP contribution in [0.25, 0.3) is 22.3 Å². The molecule has 1 saturated heterocycles. The molecule has 246 valence electrons. The number of aliphatic hydroxyl groups is 1. The number of halogens is 3. The van der Waals surface area contributed by atoms with E-state index in [9.17, 15) is 24.6 Å². The number of aliphatic hydroxyl groups excluding tert-OH is 1. The van der Waals surface area contributed by atoms with Crippen molar-refractivity contribution in [2.75, 3.05) is 33.8 Å². The fraction of sp³-hybridized carbons (Fsp3) is 0.452. The van der Waals surface area contributed by atoms with Gasteiger partial charge in [0.05, 0.1) is 24.3 Å².